The van der Waals surface area contributed by atoms with E-state index in [2.05, 4.69) is 9.71 Å². The lowest BCUT2D eigenvalue weighted by Gasteiger charge is -2.29. The number of carbonyl (C=O) groups excluding carboxylic acids is 1. The molecule has 1 heterocycles. The molecule has 0 radical (unpaired) electrons. The molecule has 6 nitrogen and oxygen atoms in total. The summed E-state index contributed by atoms with van der Waals surface area (Å²) in [7, 11) is 0. The Morgan fingerprint density at radius 1 is 1.27 bits per heavy atom. The van der Waals surface area contributed by atoms with Gasteiger partial charge in [0.25, 0.3) is 0 Å². The monoisotopic (exact) mass is 440 g/mol. The Balaban J connectivity index is 2.39. The Kier molecular flexibility index (Phi) is 8.17. The topological polar surface area (TPSA) is 83.5 Å². The highest BCUT2D eigenvalue weighted by Gasteiger charge is 2.39. The molecule has 1 aromatic carbocycles. The molecule has 0 bridgehead atoms. The van der Waals surface area contributed by atoms with E-state index in [4.69, 9.17) is 9.47 Å². The van der Waals surface area contributed by atoms with E-state index in [-0.39, 0.29) is 17.9 Å². The van der Waals surface area contributed by atoms with Crippen molar-refractivity contribution in [3.63, 3.8) is 0 Å². The largest absolute Gasteiger partial charge is 0.598 e. The summed E-state index contributed by atoms with van der Waals surface area (Å²) in [6, 6.07) is 5.62. The first-order valence-corrected chi connectivity index (χ1v) is 10.6. The van der Waals surface area contributed by atoms with Crippen LogP contribution in [0.4, 0.5) is 8.78 Å². The molecule has 0 amide bonds. The Morgan fingerprint density at radius 2 is 1.93 bits per heavy atom. The first-order valence-electron chi connectivity index (χ1n) is 9.41. The number of rotatable bonds is 8. The van der Waals surface area contributed by atoms with Crippen molar-refractivity contribution in [3.05, 3.63) is 53.6 Å². The van der Waals surface area contributed by atoms with Gasteiger partial charge in [-0.05, 0) is 65.0 Å². The molecule has 0 unspecified atom stereocenters. The van der Waals surface area contributed by atoms with E-state index >= 15 is 0 Å². The second kappa shape index (κ2) is 10.2. The zero-order valence-corrected chi connectivity index (χ0v) is 18.4. The van der Waals surface area contributed by atoms with Crippen molar-refractivity contribution in [2.75, 3.05) is 6.61 Å². The van der Waals surface area contributed by atoms with Gasteiger partial charge in [-0.1, -0.05) is 0 Å². The number of nitrogens with one attached hydrogen (secondary N) is 1. The van der Waals surface area contributed by atoms with Crippen molar-refractivity contribution < 1.29 is 27.6 Å². The maximum Gasteiger partial charge on any atom is 0.342 e. The summed E-state index contributed by atoms with van der Waals surface area (Å²) in [4.78, 5) is 16.1. The zero-order valence-electron chi connectivity index (χ0n) is 17.6. The number of hydrogen-bond acceptors (Lipinski definition) is 6. The second-order valence-corrected chi connectivity index (χ2v) is 9.55. The van der Waals surface area contributed by atoms with E-state index in [9.17, 15) is 18.1 Å². The van der Waals surface area contributed by atoms with Gasteiger partial charge in [-0.2, -0.15) is 0 Å². The molecule has 164 valence electrons. The van der Waals surface area contributed by atoms with Crippen LogP contribution >= 0.6 is 0 Å². The van der Waals surface area contributed by atoms with Crippen LogP contribution in [0.1, 0.15) is 45.0 Å². The van der Waals surface area contributed by atoms with Crippen molar-refractivity contribution in [2.24, 2.45) is 0 Å². The van der Waals surface area contributed by atoms with E-state index < -0.39 is 40.1 Å². The van der Waals surface area contributed by atoms with Gasteiger partial charge in [0, 0.05) is 22.6 Å². The summed E-state index contributed by atoms with van der Waals surface area (Å²) < 4.78 is 54.4. The van der Waals surface area contributed by atoms with Crippen LogP contribution in [0.3, 0.4) is 0 Å². The lowest BCUT2D eigenvalue weighted by Crippen LogP contribution is -2.46. The van der Waals surface area contributed by atoms with Crippen molar-refractivity contribution in [3.8, 4) is 11.5 Å². The molecule has 0 aliphatic rings. The molecule has 1 N–H and O–H groups in total. The minimum Gasteiger partial charge on any atom is -0.598 e. The van der Waals surface area contributed by atoms with Gasteiger partial charge in [-0.15, -0.1) is 4.72 Å². The molecule has 0 saturated heterocycles. The number of pyridine rings is 1. The Bertz CT molecular complexity index is 859. The lowest BCUT2D eigenvalue weighted by molar-refractivity contribution is -0.150. The van der Waals surface area contributed by atoms with Gasteiger partial charge < -0.3 is 14.0 Å². The SMILES string of the molecule is CCOC(=O)[C@H](F)[C@@H](N[S@+]([O-])C(C)(C)C)c1cc(Oc2ccc(C)nc2)ccc1F. The molecule has 0 aliphatic heterocycles. The van der Waals surface area contributed by atoms with Crippen LogP contribution in [0, 0.1) is 12.7 Å². The number of nitrogens with zero attached hydrogens (tertiary/aromatic N) is 1. The highest BCUT2D eigenvalue weighted by Crippen LogP contribution is 2.31. The Labute approximate surface area is 178 Å². The summed E-state index contributed by atoms with van der Waals surface area (Å²) in [5.74, 6) is -1.33. The van der Waals surface area contributed by atoms with Crippen LogP contribution in [0.25, 0.3) is 0 Å². The van der Waals surface area contributed by atoms with Crippen molar-refractivity contribution in [1.82, 2.24) is 9.71 Å². The number of esters is 1. The second-order valence-electron chi connectivity index (χ2n) is 7.55. The number of alkyl halides is 1. The normalized spacial score (nSPS) is 14.7. The molecular weight excluding hydrogens is 414 g/mol. The van der Waals surface area contributed by atoms with Gasteiger partial charge in [-0.25, -0.2) is 13.6 Å². The first kappa shape index (κ1) is 24.0. The van der Waals surface area contributed by atoms with E-state index in [0.717, 1.165) is 11.8 Å². The Morgan fingerprint density at radius 3 is 2.50 bits per heavy atom. The number of aromatic nitrogens is 1. The maximum absolute atomic E-state index is 15.0. The van der Waals surface area contributed by atoms with Gasteiger partial charge in [0.15, 0.2) is 0 Å². The molecule has 0 fully saturated rings. The summed E-state index contributed by atoms with van der Waals surface area (Å²) >= 11 is -1.78. The fourth-order valence-corrected chi connectivity index (χ4v) is 3.24. The third kappa shape index (κ3) is 6.38. The summed E-state index contributed by atoms with van der Waals surface area (Å²) in [6.45, 7) is 8.33. The molecule has 3 atom stereocenters. The van der Waals surface area contributed by atoms with Crippen molar-refractivity contribution in [1.29, 1.82) is 0 Å². The van der Waals surface area contributed by atoms with Gasteiger partial charge in [0.2, 0.25) is 6.17 Å². The third-order valence-corrected chi connectivity index (χ3v) is 5.60. The average molecular weight is 441 g/mol. The predicted octanol–water partition coefficient (Wildman–Crippen LogP) is 4.32. The van der Waals surface area contributed by atoms with E-state index in [0.29, 0.717) is 5.75 Å². The molecule has 1 aromatic heterocycles. The zero-order chi connectivity index (χ0) is 22.5. The number of carbonyl (C=O) groups is 1. The molecule has 9 heteroatoms. The van der Waals surface area contributed by atoms with Crippen LogP contribution < -0.4 is 9.46 Å². The fraction of sp³-hybridized carbons (Fsp3) is 0.429. The smallest absolute Gasteiger partial charge is 0.342 e. The van der Waals surface area contributed by atoms with Crippen LogP contribution in [-0.4, -0.2) is 33.0 Å². The molecule has 2 rings (SSSR count). The maximum atomic E-state index is 15.0. The minimum absolute atomic E-state index is 0.0413. The van der Waals surface area contributed by atoms with E-state index in [1.807, 2.05) is 6.92 Å². The quantitative estimate of drug-likeness (QED) is 0.486. The highest BCUT2D eigenvalue weighted by molar-refractivity contribution is 7.90. The van der Waals surface area contributed by atoms with Crippen molar-refractivity contribution in [2.45, 2.75) is 51.6 Å². The van der Waals surface area contributed by atoms with Crippen LogP contribution in [0.5, 0.6) is 11.5 Å². The number of hydrogen-bond donors (Lipinski definition) is 1. The fourth-order valence-electron chi connectivity index (χ4n) is 2.41. The molecule has 2 aromatic rings. The van der Waals surface area contributed by atoms with Crippen LogP contribution in [-0.2, 0) is 20.9 Å². The van der Waals surface area contributed by atoms with Gasteiger partial charge in [0.1, 0.15) is 28.1 Å². The first-order chi connectivity index (χ1) is 14.0. The molecule has 30 heavy (non-hydrogen) atoms. The number of halogens is 2. The number of aryl methyl sites for hydroxylation is 1. The van der Waals surface area contributed by atoms with Gasteiger partial charge in [-0.3, -0.25) is 4.98 Å². The van der Waals surface area contributed by atoms with E-state index in [1.54, 1.807) is 32.9 Å². The van der Waals surface area contributed by atoms with Gasteiger partial charge in [0.05, 0.1) is 12.8 Å². The van der Waals surface area contributed by atoms with Crippen LogP contribution in [0.15, 0.2) is 36.5 Å². The molecule has 0 spiro atoms. The number of ether oxygens (including phenoxy) is 2. The highest BCUT2D eigenvalue weighted by atomic mass is 32.2. The number of benzene rings is 1. The lowest BCUT2D eigenvalue weighted by atomic mass is 10.0. The third-order valence-electron chi connectivity index (χ3n) is 4.02. The summed E-state index contributed by atoms with van der Waals surface area (Å²) in [6.07, 6.45) is -0.777. The Hall–Kier alpha value is -2.23. The average Bonchev–Trinajstić information content (AvgIpc) is 2.68. The standard InChI is InChI=1S/C21H26F2N2O4S/c1-6-28-20(26)18(23)19(25-30(27)21(3,4)5)16-11-14(9-10-17(16)22)29-15-8-7-13(2)24-12-15/h7-12,18-19,25H,6H2,1-5H3/t18-,19+,30-/m1/s1. The summed E-state index contributed by atoms with van der Waals surface area (Å²) in [5.41, 5.74) is 0.594. The molecule has 0 aliphatic carbocycles. The minimum atomic E-state index is -2.28. The summed E-state index contributed by atoms with van der Waals surface area (Å²) in [5, 5.41) is 0. The van der Waals surface area contributed by atoms with Crippen LogP contribution in [0.2, 0.25) is 0 Å². The van der Waals surface area contributed by atoms with Crippen molar-refractivity contribution >= 4 is 17.3 Å². The van der Waals surface area contributed by atoms with Gasteiger partial charge >= 0.3 is 5.97 Å². The molecule has 0 saturated carbocycles. The molecular formula is C21H26F2N2O4S. The van der Waals surface area contributed by atoms with E-state index in [1.165, 1.54) is 25.3 Å². The predicted molar refractivity (Wildman–Crippen MR) is 111 cm³/mol.